The lowest BCUT2D eigenvalue weighted by Crippen LogP contribution is -2.29. The molecule has 3 N–H and O–H groups in total. The van der Waals surface area contributed by atoms with E-state index >= 15 is 0 Å². The minimum Gasteiger partial charge on any atom is -0.497 e. The van der Waals surface area contributed by atoms with Crippen LogP contribution in [0, 0.1) is 13.8 Å². The lowest BCUT2D eigenvalue weighted by atomic mass is 10.0. The van der Waals surface area contributed by atoms with Gasteiger partial charge in [-0.15, -0.1) is 0 Å². The van der Waals surface area contributed by atoms with Crippen molar-refractivity contribution in [2.24, 2.45) is 0 Å². The maximum absolute atomic E-state index is 12.9. The summed E-state index contributed by atoms with van der Waals surface area (Å²) >= 11 is 0. The van der Waals surface area contributed by atoms with Crippen LogP contribution in [-0.2, 0) is 0 Å². The van der Waals surface area contributed by atoms with Crippen molar-refractivity contribution >= 4 is 11.4 Å². The molecule has 2 aromatic carbocycles. The van der Waals surface area contributed by atoms with Gasteiger partial charge >= 0.3 is 0 Å². The van der Waals surface area contributed by atoms with Crippen molar-refractivity contribution in [3.63, 3.8) is 0 Å². The highest BCUT2D eigenvalue weighted by Crippen LogP contribution is 2.22. The Morgan fingerprint density at radius 1 is 1.15 bits per heavy atom. The standard InChI is InChI=1S/C25H26N4O4/c1-15-4-5-18(12-16(15)2)22-14-29-23(25(32)27-22)13-21(28-29)24(31)26-20(10-11-30)17-6-8-19(33-3)9-7-17/h4-9,12-14,20,30H,10-11H2,1-3H3,(H,26,31)(H,27,32). The smallest absolute Gasteiger partial charge is 0.274 e. The molecule has 1 unspecified atom stereocenters. The summed E-state index contributed by atoms with van der Waals surface area (Å²) in [6.07, 6.45) is 2.04. The third-order valence-corrected chi connectivity index (χ3v) is 5.76. The lowest BCUT2D eigenvalue weighted by molar-refractivity contribution is 0.0924. The van der Waals surface area contributed by atoms with Gasteiger partial charge in [-0.25, -0.2) is 4.52 Å². The van der Waals surface area contributed by atoms with Crippen molar-refractivity contribution in [2.45, 2.75) is 26.3 Å². The van der Waals surface area contributed by atoms with Gasteiger partial charge in [-0.2, -0.15) is 5.10 Å². The van der Waals surface area contributed by atoms with Crippen LogP contribution in [0.4, 0.5) is 0 Å². The maximum atomic E-state index is 12.9. The second-order valence-electron chi connectivity index (χ2n) is 7.97. The second kappa shape index (κ2) is 9.30. The highest BCUT2D eigenvalue weighted by molar-refractivity contribution is 5.93. The Bertz CT molecular complexity index is 1360. The molecule has 0 bridgehead atoms. The fraction of sp³-hybridized carbons (Fsp3) is 0.240. The third-order valence-electron chi connectivity index (χ3n) is 5.76. The molecule has 0 radical (unpaired) electrons. The first-order valence-electron chi connectivity index (χ1n) is 10.7. The van der Waals surface area contributed by atoms with E-state index in [0.717, 1.165) is 22.3 Å². The molecule has 2 heterocycles. The van der Waals surface area contributed by atoms with Gasteiger partial charge in [0.15, 0.2) is 5.69 Å². The second-order valence-corrected chi connectivity index (χ2v) is 7.97. The molecule has 4 rings (SSSR count). The highest BCUT2D eigenvalue weighted by Gasteiger charge is 2.19. The number of aryl methyl sites for hydroxylation is 2. The molecule has 0 aliphatic rings. The van der Waals surface area contributed by atoms with Crippen LogP contribution >= 0.6 is 0 Å². The van der Waals surface area contributed by atoms with Gasteiger partial charge in [-0.05, 0) is 60.7 Å². The average molecular weight is 447 g/mol. The SMILES string of the molecule is COc1ccc(C(CCO)NC(=O)c2cc3c(=O)[nH]c(-c4ccc(C)c(C)c4)cn3n2)cc1. The molecule has 2 aromatic heterocycles. The number of aromatic nitrogens is 3. The number of aromatic amines is 1. The largest absolute Gasteiger partial charge is 0.497 e. The van der Waals surface area contributed by atoms with Gasteiger partial charge < -0.3 is 20.1 Å². The number of fused-ring (bicyclic) bond motifs is 1. The molecule has 4 aromatic rings. The summed E-state index contributed by atoms with van der Waals surface area (Å²) in [5.41, 5.74) is 4.64. The normalized spacial score (nSPS) is 12.0. The van der Waals surface area contributed by atoms with E-state index in [1.54, 1.807) is 25.4 Å². The van der Waals surface area contributed by atoms with Crippen LogP contribution < -0.4 is 15.6 Å². The molecule has 8 heteroatoms. The number of amides is 1. The molecular weight excluding hydrogens is 420 g/mol. The first-order valence-corrected chi connectivity index (χ1v) is 10.7. The summed E-state index contributed by atoms with van der Waals surface area (Å²) in [5, 5.41) is 16.7. The maximum Gasteiger partial charge on any atom is 0.274 e. The molecule has 0 aliphatic heterocycles. The molecule has 0 saturated carbocycles. The number of aliphatic hydroxyl groups excluding tert-OH is 1. The van der Waals surface area contributed by atoms with E-state index in [0.29, 0.717) is 17.9 Å². The quantitative estimate of drug-likeness (QED) is 0.404. The van der Waals surface area contributed by atoms with E-state index in [2.05, 4.69) is 15.4 Å². The fourth-order valence-corrected chi connectivity index (χ4v) is 3.69. The predicted molar refractivity (Wildman–Crippen MR) is 126 cm³/mol. The Morgan fingerprint density at radius 3 is 2.58 bits per heavy atom. The Balaban J connectivity index is 1.62. The van der Waals surface area contributed by atoms with E-state index < -0.39 is 11.9 Å². The number of aliphatic hydroxyl groups is 1. The molecule has 33 heavy (non-hydrogen) atoms. The number of benzene rings is 2. The number of carbonyl (C=O) groups is 1. The lowest BCUT2D eigenvalue weighted by Gasteiger charge is -2.18. The van der Waals surface area contributed by atoms with Crippen LogP contribution in [0.1, 0.15) is 39.6 Å². The molecular formula is C25H26N4O4. The molecule has 0 aliphatic carbocycles. The van der Waals surface area contributed by atoms with Gasteiger partial charge in [0.2, 0.25) is 0 Å². The summed E-state index contributed by atoms with van der Waals surface area (Å²) in [4.78, 5) is 28.5. The van der Waals surface area contributed by atoms with Crippen LogP contribution in [0.3, 0.4) is 0 Å². The number of nitrogens with zero attached hydrogens (tertiary/aromatic N) is 2. The molecule has 0 fully saturated rings. The van der Waals surface area contributed by atoms with Crippen LogP contribution in [0.2, 0.25) is 0 Å². The summed E-state index contributed by atoms with van der Waals surface area (Å²) in [7, 11) is 1.58. The summed E-state index contributed by atoms with van der Waals surface area (Å²) in [5.74, 6) is 0.270. The van der Waals surface area contributed by atoms with Crippen LogP contribution in [-0.4, -0.2) is 39.3 Å². The van der Waals surface area contributed by atoms with Crippen molar-refractivity contribution in [3.8, 4) is 17.0 Å². The monoisotopic (exact) mass is 446 g/mol. The third kappa shape index (κ3) is 4.65. The van der Waals surface area contributed by atoms with Gasteiger partial charge in [0.05, 0.1) is 25.0 Å². The summed E-state index contributed by atoms with van der Waals surface area (Å²) < 4.78 is 6.60. The van der Waals surface area contributed by atoms with Gasteiger partial charge in [-0.1, -0.05) is 24.3 Å². The fourth-order valence-electron chi connectivity index (χ4n) is 3.69. The molecule has 0 saturated heterocycles. The molecule has 8 nitrogen and oxygen atoms in total. The van der Waals surface area contributed by atoms with E-state index in [4.69, 9.17) is 4.74 Å². The number of carbonyl (C=O) groups excluding carboxylic acids is 1. The number of methoxy groups -OCH3 is 1. The van der Waals surface area contributed by atoms with Gasteiger partial charge in [-0.3, -0.25) is 9.59 Å². The van der Waals surface area contributed by atoms with E-state index in [1.165, 1.54) is 10.6 Å². The number of H-pyrrole nitrogens is 1. The number of ether oxygens (including phenoxy) is 1. The number of nitrogens with one attached hydrogen (secondary N) is 2. The van der Waals surface area contributed by atoms with E-state index in [9.17, 15) is 14.7 Å². The number of hydrogen-bond donors (Lipinski definition) is 3. The van der Waals surface area contributed by atoms with Gasteiger partial charge in [0.25, 0.3) is 11.5 Å². The topological polar surface area (TPSA) is 109 Å². The number of hydrogen-bond acceptors (Lipinski definition) is 5. The molecule has 0 spiro atoms. The van der Waals surface area contributed by atoms with Crippen molar-refractivity contribution in [2.75, 3.05) is 13.7 Å². The minimum atomic E-state index is -0.430. The van der Waals surface area contributed by atoms with Gasteiger partial charge in [0, 0.05) is 12.7 Å². The van der Waals surface area contributed by atoms with Crippen LogP contribution in [0.15, 0.2) is 59.5 Å². The van der Waals surface area contributed by atoms with Crippen LogP contribution in [0.5, 0.6) is 5.75 Å². The van der Waals surface area contributed by atoms with Crippen molar-refractivity contribution in [1.82, 2.24) is 19.9 Å². The Labute approximate surface area is 190 Å². The zero-order valence-electron chi connectivity index (χ0n) is 18.8. The number of rotatable bonds is 7. The van der Waals surface area contributed by atoms with Crippen molar-refractivity contribution in [3.05, 3.63) is 87.5 Å². The molecule has 1 amide bonds. The van der Waals surface area contributed by atoms with Gasteiger partial charge in [0.1, 0.15) is 11.3 Å². The van der Waals surface area contributed by atoms with Crippen molar-refractivity contribution < 1.29 is 14.6 Å². The zero-order valence-corrected chi connectivity index (χ0v) is 18.8. The minimum absolute atomic E-state index is 0.0961. The van der Waals surface area contributed by atoms with E-state index in [-0.39, 0.29) is 23.4 Å². The highest BCUT2D eigenvalue weighted by atomic mass is 16.5. The molecule has 170 valence electrons. The Kier molecular flexibility index (Phi) is 6.28. The van der Waals surface area contributed by atoms with E-state index in [1.807, 2.05) is 44.2 Å². The van der Waals surface area contributed by atoms with Crippen LogP contribution in [0.25, 0.3) is 16.8 Å². The molecule has 1 atom stereocenters. The Hall–Kier alpha value is -3.91. The average Bonchev–Trinajstić information content (AvgIpc) is 3.26. The predicted octanol–water partition coefficient (Wildman–Crippen LogP) is 3.17. The summed E-state index contributed by atoms with van der Waals surface area (Å²) in [6.45, 7) is 3.94. The zero-order chi connectivity index (χ0) is 23.5. The Morgan fingerprint density at radius 2 is 1.91 bits per heavy atom. The first-order chi connectivity index (χ1) is 15.9. The first kappa shape index (κ1) is 22.3. The van der Waals surface area contributed by atoms with Crippen molar-refractivity contribution in [1.29, 1.82) is 0 Å². The summed E-state index contributed by atoms with van der Waals surface area (Å²) in [6, 6.07) is 14.2.